The molecule has 182 valence electrons. The molecule has 0 atom stereocenters. The second-order valence-corrected chi connectivity index (χ2v) is 9.35. The quantitative estimate of drug-likeness (QED) is 0.172. The molecule has 0 saturated heterocycles. The lowest BCUT2D eigenvalue weighted by Gasteiger charge is -2.06. The molecule has 2 N–H and O–H groups in total. The van der Waals surface area contributed by atoms with E-state index in [9.17, 15) is 27.7 Å². The molecule has 0 aliphatic carbocycles. The fourth-order valence-electron chi connectivity index (χ4n) is 4.16. The van der Waals surface area contributed by atoms with E-state index >= 15 is 0 Å². The Morgan fingerprint density at radius 1 is 0.917 bits per heavy atom. The third-order valence-corrected chi connectivity index (χ3v) is 6.52. The number of hydrogen-bond donors (Lipinski definition) is 2. The van der Waals surface area contributed by atoms with Crippen molar-refractivity contribution in [3.63, 3.8) is 0 Å². The Hall–Kier alpha value is -4.34. The average Bonchev–Trinajstić information content (AvgIpc) is 3.12. The maximum atomic E-state index is 12.0. The predicted molar refractivity (Wildman–Crippen MR) is 138 cm³/mol. The van der Waals surface area contributed by atoms with Crippen molar-refractivity contribution < 1.29 is 32.2 Å². The summed E-state index contributed by atoms with van der Waals surface area (Å²) in [4.78, 5) is 23.3. The normalized spacial score (nSPS) is 13.5. The summed E-state index contributed by atoms with van der Waals surface area (Å²) in [5.74, 6) is -1.19. The standard InChI is InChI=1S/C27H22N2O6S/c1-19(30)28(20-10-5-4-6-11-20)17-8-3-2-7-14-23-21-12-9-13-22-25(36(33,34)35)16-15-24(27(21)22)29(23)18-26(31)32/h2-17H,18H2,1H3,(H-,31,32,33,34,35)/p+1. The minimum absolute atomic E-state index is 0.137. The molecular formula is C27H23N2O6S+. The molecule has 1 aromatic heterocycles. The summed E-state index contributed by atoms with van der Waals surface area (Å²) in [5, 5.41) is 11.6. The van der Waals surface area contributed by atoms with Crippen molar-refractivity contribution in [2.24, 2.45) is 0 Å². The second kappa shape index (κ2) is 10.1. The van der Waals surface area contributed by atoms with E-state index in [4.69, 9.17) is 0 Å². The lowest BCUT2D eigenvalue weighted by atomic mass is 10.1. The Morgan fingerprint density at radius 2 is 1.61 bits per heavy atom. The monoisotopic (exact) mass is 503 g/mol. The summed E-state index contributed by atoms with van der Waals surface area (Å²) in [7, 11) is -4.46. The molecular weight excluding hydrogens is 480 g/mol. The Kier molecular flexibility index (Phi) is 6.96. The molecule has 4 rings (SSSR count). The Labute approximate surface area is 207 Å². The number of hydrogen-bond acceptors (Lipinski definition) is 4. The molecule has 0 aliphatic heterocycles. The molecule has 3 aromatic carbocycles. The van der Waals surface area contributed by atoms with Crippen LogP contribution in [0.3, 0.4) is 0 Å². The maximum Gasteiger partial charge on any atom is 0.389 e. The lowest BCUT2D eigenvalue weighted by Crippen LogP contribution is -2.21. The van der Waals surface area contributed by atoms with E-state index in [1.165, 1.54) is 23.6 Å². The topological polar surface area (TPSA) is 117 Å². The number of allylic oxidation sites excluding steroid dienone is 4. The van der Waals surface area contributed by atoms with E-state index in [1.807, 2.05) is 30.3 Å². The van der Waals surface area contributed by atoms with Crippen LogP contribution in [-0.4, -0.2) is 45.3 Å². The van der Waals surface area contributed by atoms with Gasteiger partial charge in [-0.25, -0.2) is 4.79 Å². The highest BCUT2D eigenvalue weighted by Gasteiger charge is 2.20. The van der Waals surface area contributed by atoms with Gasteiger partial charge in [-0.1, -0.05) is 54.6 Å². The van der Waals surface area contributed by atoms with Crippen LogP contribution in [0.15, 0.2) is 89.9 Å². The summed E-state index contributed by atoms with van der Waals surface area (Å²) in [5.41, 5.74) is 1.28. The Bertz CT molecular complexity index is 1730. The van der Waals surface area contributed by atoms with Crippen molar-refractivity contribution in [1.82, 2.24) is 4.57 Å². The first kappa shape index (κ1) is 24.8. The highest BCUT2D eigenvalue weighted by molar-refractivity contribution is 7.86. The van der Waals surface area contributed by atoms with Crippen LogP contribution in [0.2, 0.25) is 0 Å². The Morgan fingerprint density at radius 3 is 2.28 bits per heavy atom. The molecule has 36 heavy (non-hydrogen) atoms. The van der Waals surface area contributed by atoms with Crippen LogP contribution in [0.1, 0.15) is 6.92 Å². The number of para-hydroxylation sites is 1. The second-order valence-electron chi connectivity index (χ2n) is 7.96. The van der Waals surface area contributed by atoms with Crippen molar-refractivity contribution in [2.75, 3.05) is 0 Å². The zero-order valence-corrected chi connectivity index (χ0v) is 20.1. The zero-order chi connectivity index (χ0) is 25.9. The summed E-state index contributed by atoms with van der Waals surface area (Å²) in [6.45, 7) is 1.14. The van der Waals surface area contributed by atoms with Gasteiger partial charge in [0.15, 0.2) is 6.21 Å². The van der Waals surface area contributed by atoms with Crippen LogP contribution in [0.4, 0.5) is 5.69 Å². The smallest absolute Gasteiger partial charge is 0.389 e. The average molecular weight is 504 g/mol. The molecule has 0 spiro atoms. The molecule has 0 saturated carbocycles. The maximum absolute atomic E-state index is 12.0. The highest BCUT2D eigenvalue weighted by atomic mass is 32.2. The number of aromatic nitrogens is 1. The van der Waals surface area contributed by atoms with Gasteiger partial charge in [-0.2, -0.15) is 8.42 Å². The third-order valence-electron chi connectivity index (χ3n) is 5.60. The van der Waals surface area contributed by atoms with Gasteiger partial charge >= 0.3 is 11.9 Å². The van der Waals surface area contributed by atoms with Crippen molar-refractivity contribution >= 4 is 61.6 Å². The summed E-state index contributed by atoms with van der Waals surface area (Å²) < 4.78 is 36.5. The number of aliphatic carboxylic acids is 1. The summed E-state index contributed by atoms with van der Waals surface area (Å²) >= 11 is 0. The summed E-state index contributed by atoms with van der Waals surface area (Å²) in [6, 6.07) is 17.0. The lowest BCUT2D eigenvalue weighted by molar-refractivity contribution is -0.359. The van der Waals surface area contributed by atoms with Gasteiger partial charge in [0.05, 0.1) is 12.4 Å². The number of nitrogens with zero attached hydrogens (tertiary/aromatic N) is 2. The van der Waals surface area contributed by atoms with E-state index in [0.717, 1.165) is 5.69 Å². The van der Waals surface area contributed by atoms with Crippen LogP contribution in [0.5, 0.6) is 0 Å². The van der Waals surface area contributed by atoms with E-state index < -0.39 is 16.1 Å². The van der Waals surface area contributed by atoms with E-state index in [0.29, 0.717) is 27.0 Å². The van der Waals surface area contributed by atoms with E-state index in [1.54, 1.807) is 59.4 Å². The molecule has 0 bridgehead atoms. The van der Waals surface area contributed by atoms with Gasteiger partial charge < -0.3 is 9.67 Å². The van der Waals surface area contributed by atoms with Crippen molar-refractivity contribution in [1.29, 1.82) is 0 Å². The molecule has 0 radical (unpaired) electrons. The van der Waals surface area contributed by atoms with Gasteiger partial charge in [0.2, 0.25) is 5.69 Å². The minimum Gasteiger partial charge on any atom is -0.480 e. The first-order valence-electron chi connectivity index (χ1n) is 10.9. The largest absolute Gasteiger partial charge is 0.480 e. The molecule has 0 fully saturated rings. The molecule has 0 unspecified atom stereocenters. The SMILES string of the molecule is CC(=O)[N+](=CC=CC=CC=c1c2cccc3c(S(=O)(=O)O)ccc(c32)n1CC(=O)O)c1ccccc1. The van der Waals surface area contributed by atoms with Gasteiger partial charge in [0.1, 0.15) is 11.4 Å². The fraction of sp³-hybridized carbons (Fsp3) is 0.0741. The molecule has 8 nitrogen and oxygen atoms in total. The third kappa shape index (κ3) is 5.02. The molecule has 4 aromatic rings. The predicted octanol–water partition coefficient (Wildman–Crippen LogP) is 3.70. The number of carboxylic acid groups (broad SMARTS) is 1. The van der Waals surface area contributed by atoms with Crippen LogP contribution < -0.4 is 5.35 Å². The molecule has 1 amide bonds. The number of carboxylic acids is 1. The molecule has 1 heterocycles. The van der Waals surface area contributed by atoms with Gasteiger partial charge in [-0.05, 0) is 18.2 Å². The van der Waals surface area contributed by atoms with Crippen molar-refractivity contribution in [2.45, 2.75) is 18.4 Å². The van der Waals surface area contributed by atoms with Crippen LogP contribution >= 0.6 is 0 Å². The van der Waals surface area contributed by atoms with Crippen LogP contribution in [0.25, 0.3) is 27.8 Å². The first-order chi connectivity index (χ1) is 17.2. The van der Waals surface area contributed by atoms with Gasteiger partial charge in [-0.3, -0.25) is 9.35 Å². The highest BCUT2D eigenvalue weighted by Crippen LogP contribution is 2.31. The number of benzene rings is 3. The molecule has 9 heteroatoms. The fourth-order valence-corrected chi connectivity index (χ4v) is 4.85. The van der Waals surface area contributed by atoms with Crippen molar-refractivity contribution in [3.05, 3.63) is 90.3 Å². The minimum atomic E-state index is -4.46. The van der Waals surface area contributed by atoms with Gasteiger partial charge in [0, 0.05) is 39.7 Å². The Balaban J connectivity index is 1.78. The van der Waals surface area contributed by atoms with Crippen molar-refractivity contribution in [3.8, 4) is 0 Å². The number of carbonyl (C=O) groups is 2. The van der Waals surface area contributed by atoms with E-state index in [2.05, 4.69) is 0 Å². The summed E-state index contributed by atoms with van der Waals surface area (Å²) in [6.07, 6.45) is 10.3. The van der Waals surface area contributed by atoms with Gasteiger partial charge in [-0.15, -0.1) is 4.58 Å². The number of carbonyl (C=O) groups excluding carboxylic acids is 1. The first-order valence-corrected chi connectivity index (χ1v) is 12.4. The van der Waals surface area contributed by atoms with Gasteiger partial charge in [0.25, 0.3) is 10.1 Å². The van der Waals surface area contributed by atoms with Crippen LogP contribution in [0, 0.1) is 0 Å². The van der Waals surface area contributed by atoms with Crippen LogP contribution in [-0.2, 0) is 26.3 Å². The number of amides is 1. The molecule has 0 aliphatic rings. The zero-order valence-electron chi connectivity index (χ0n) is 19.3. The number of rotatable bonds is 7. The van der Waals surface area contributed by atoms with E-state index in [-0.39, 0.29) is 17.3 Å².